The van der Waals surface area contributed by atoms with Gasteiger partial charge in [-0.25, -0.2) is 17.2 Å². The van der Waals surface area contributed by atoms with Crippen molar-refractivity contribution in [1.29, 1.82) is 0 Å². The molecular formula is C10H12F2N2O3S. The number of halogens is 2. The van der Waals surface area contributed by atoms with Crippen molar-refractivity contribution in [1.82, 2.24) is 4.31 Å². The Bertz CT molecular complexity index is 566. The van der Waals surface area contributed by atoms with Crippen LogP contribution in [0.15, 0.2) is 23.1 Å². The van der Waals surface area contributed by atoms with Gasteiger partial charge in [0.25, 0.3) is 5.92 Å². The van der Waals surface area contributed by atoms with Crippen LogP contribution in [0.2, 0.25) is 0 Å². The molecule has 0 spiro atoms. The van der Waals surface area contributed by atoms with Crippen molar-refractivity contribution in [3.05, 3.63) is 23.8 Å². The quantitative estimate of drug-likeness (QED) is 0.843. The molecule has 0 bridgehead atoms. The highest BCUT2D eigenvalue weighted by molar-refractivity contribution is 7.89. The van der Waals surface area contributed by atoms with E-state index < -0.39 is 34.8 Å². The summed E-state index contributed by atoms with van der Waals surface area (Å²) in [6.07, 6.45) is 0. The Balaban J connectivity index is 2.36. The molecule has 8 heteroatoms. The number of rotatable bonds is 3. The van der Waals surface area contributed by atoms with Crippen LogP contribution in [0.1, 0.15) is 5.56 Å². The number of sulfonamides is 1. The average molecular weight is 278 g/mol. The second-order valence-electron chi connectivity index (χ2n) is 4.14. The first-order valence-corrected chi connectivity index (χ1v) is 6.60. The van der Waals surface area contributed by atoms with Crippen molar-refractivity contribution < 1.29 is 22.3 Å². The van der Waals surface area contributed by atoms with E-state index in [1.165, 1.54) is 18.2 Å². The molecule has 1 heterocycles. The minimum absolute atomic E-state index is 0.0962. The molecule has 2 rings (SSSR count). The summed E-state index contributed by atoms with van der Waals surface area (Å²) in [5.41, 5.74) is 5.87. The smallest absolute Gasteiger partial charge is 0.275 e. The lowest BCUT2D eigenvalue weighted by Crippen LogP contribution is -2.58. The Hall–Kier alpha value is -1.25. The lowest BCUT2D eigenvalue weighted by Gasteiger charge is -2.37. The van der Waals surface area contributed by atoms with E-state index in [1.54, 1.807) is 0 Å². The molecule has 18 heavy (non-hydrogen) atoms. The molecule has 1 saturated heterocycles. The third-order valence-electron chi connectivity index (χ3n) is 2.69. The third kappa shape index (κ3) is 2.18. The summed E-state index contributed by atoms with van der Waals surface area (Å²) < 4.78 is 50.0. The zero-order valence-electron chi connectivity index (χ0n) is 9.31. The van der Waals surface area contributed by atoms with Gasteiger partial charge in [0.15, 0.2) is 0 Å². The van der Waals surface area contributed by atoms with Gasteiger partial charge in [0.2, 0.25) is 10.0 Å². The third-order valence-corrected chi connectivity index (χ3v) is 4.51. The number of phenolic OH excluding ortho intramolecular Hbond substituents is 1. The largest absolute Gasteiger partial charge is 0.507 e. The van der Waals surface area contributed by atoms with Crippen molar-refractivity contribution in [3.63, 3.8) is 0 Å². The van der Waals surface area contributed by atoms with Gasteiger partial charge >= 0.3 is 0 Å². The molecule has 0 saturated carbocycles. The minimum atomic E-state index is -4.09. The van der Waals surface area contributed by atoms with Crippen LogP contribution >= 0.6 is 0 Å². The maximum atomic E-state index is 12.7. The molecule has 1 aliphatic rings. The lowest BCUT2D eigenvalue weighted by atomic mass is 10.2. The first kappa shape index (κ1) is 13.2. The fourth-order valence-electron chi connectivity index (χ4n) is 1.67. The molecule has 3 N–H and O–H groups in total. The zero-order chi connectivity index (χ0) is 13.6. The van der Waals surface area contributed by atoms with Crippen LogP contribution in [0.25, 0.3) is 0 Å². The van der Waals surface area contributed by atoms with Crippen LogP contribution in [-0.4, -0.2) is 36.8 Å². The van der Waals surface area contributed by atoms with Crippen molar-refractivity contribution in [2.24, 2.45) is 5.73 Å². The monoisotopic (exact) mass is 278 g/mol. The summed E-state index contributed by atoms with van der Waals surface area (Å²) in [7, 11) is -4.09. The maximum absolute atomic E-state index is 12.7. The molecule has 1 aromatic carbocycles. The van der Waals surface area contributed by atoms with Crippen LogP contribution in [0.5, 0.6) is 5.75 Å². The van der Waals surface area contributed by atoms with Gasteiger partial charge in [-0.2, -0.15) is 4.31 Å². The number of phenols is 1. The van der Waals surface area contributed by atoms with Crippen molar-refractivity contribution in [3.8, 4) is 5.75 Å². The number of nitrogens with zero attached hydrogens (tertiary/aromatic N) is 1. The summed E-state index contributed by atoms with van der Waals surface area (Å²) in [6, 6.07) is 3.85. The predicted molar refractivity (Wildman–Crippen MR) is 59.7 cm³/mol. The molecule has 1 fully saturated rings. The number of aromatic hydroxyl groups is 1. The van der Waals surface area contributed by atoms with Gasteiger partial charge in [0, 0.05) is 6.54 Å². The van der Waals surface area contributed by atoms with Crippen LogP contribution in [-0.2, 0) is 16.6 Å². The van der Waals surface area contributed by atoms with Crippen molar-refractivity contribution >= 4 is 10.0 Å². The summed E-state index contributed by atoms with van der Waals surface area (Å²) in [6.45, 7) is -1.62. The van der Waals surface area contributed by atoms with Gasteiger partial charge < -0.3 is 10.8 Å². The molecule has 0 amide bonds. The highest BCUT2D eigenvalue weighted by atomic mass is 32.2. The van der Waals surface area contributed by atoms with Crippen LogP contribution in [0.3, 0.4) is 0 Å². The first-order valence-electron chi connectivity index (χ1n) is 5.16. The summed E-state index contributed by atoms with van der Waals surface area (Å²) in [5, 5.41) is 9.53. The normalized spacial score (nSPS) is 19.5. The van der Waals surface area contributed by atoms with E-state index in [4.69, 9.17) is 5.73 Å². The molecule has 0 aliphatic carbocycles. The SMILES string of the molecule is NCc1ccc(O)c(S(=O)(=O)N2CC(F)(F)C2)c1. The molecule has 1 aromatic rings. The fourth-order valence-corrected chi connectivity index (χ4v) is 3.30. The Morgan fingerprint density at radius 2 is 2.00 bits per heavy atom. The molecule has 0 unspecified atom stereocenters. The van der Waals surface area contributed by atoms with Crippen molar-refractivity contribution in [2.75, 3.05) is 13.1 Å². The second-order valence-corrected chi connectivity index (χ2v) is 6.04. The topological polar surface area (TPSA) is 83.6 Å². The molecular weight excluding hydrogens is 266 g/mol. The lowest BCUT2D eigenvalue weighted by molar-refractivity contribution is -0.0945. The Morgan fingerprint density at radius 3 is 2.50 bits per heavy atom. The molecule has 1 aliphatic heterocycles. The summed E-state index contributed by atoms with van der Waals surface area (Å²) >= 11 is 0. The van der Waals surface area contributed by atoms with Crippen molar-refractivity contribution in [2.45, 2.75) is 17.4 Å². The van der Waals surface area contributed by atoms with Crippen LogP contribution in [0.4, 0.5) is 8.78 Å². The number of benzene rings is 1. The highest BCUT2D eigenvalue weighted by Gasteiger charge is 2.50. The Morgan fingerprint density at radius 1 is 1.39 bits per heavy atom. The van der Waals surface area contributed by atoms with E-state index in [1.807, 2.05) is 0 Å². The van der Waals surface area contributed by atoms with E-state index in [0.29, 0.717) is 9.87 Å². The van der Waals surface area contributed by atoms with E-state index >= 15 is 0 Å². The number of alkyl halides is 2. The highest BCUT2D eigenvalue weighted by Crippen LogP contribution is 2.35. The Labute approximate surface area is 103 Å². The van der Waals surface area contributed by atoms with Gasteiger partial charge in [-0.15, -0.1) is 0 Å². The predicted octanol–water partition coefficient (Wildman–Crippen LogP) is 0.490. The maximum Gasteiger partial charge on any atom is 0.275 e. The summed E-state index contributed by atoms with van der Waals surface area (Å²) in [5.74, 6) is -3.46. The molecule has 5 nitrogen and oxygen atoms in total. The first-order chi connectivity index (χ1) is 8.26. The number of nitrogens with two attached hydrogens (primary N) is 1. The Kier molecular flexibility index (Phi) is 3.04. The molecule has 100 valence electrons. The minimum Gasteiger partial charge on any atom is -0.507 e. The van der Waals surface area contributed by atoms with Crippen LogP contribution < -0.4 is 5.73 Å². The van der Waals surface area contributed by atoms with E-state index in [2.05, 4.69) is 0 Å². The zero-order valence-corrected chi connectivity index (χ0v) is 10.1. The van der Waals surface area contributed by atoms with E-state index in [9.17, 15) is 22.3 Å². The van der Waals surface area contributed by atoms with Gasteiger partial charge in [-0.1, -0.05) is 6.07 Å². The second kappa shape index (κ2) is 4.15. The standard InChI is InChI=1S/C10H12F2N2O3S/c11-10(12)5-14(6-10)18(16,17)9-3-7(4-13)1-2-8(9)15/h1-3,15H,4-6,13H2. The van der Waals surface area contributed by atoms with Gasteiger partial charge in [0.05, 0.1) is 13.1 Å². The van der Waals surface area contributed by atoms with Gasteiger partial charge in [0.1, 0.15) is 10.6 Å². The number of hydrogen-bond acceptors (Lipinski definition) is 4. The van der Waals surface area contributed by atoms with Crippen LogP contribution in [0, 0.1) is 0 Å². The van der Waals surface area contributed by atoms with Gasteiger partial charge in [-0.05, 0) is 17.7 Å². The average Bonchev–Trinajstić information content (AvgIpc) is 2.26. The molecule has 0 atom stereocenters. The van der Waals surface area contributed by atoms with Gasteiger partial charge in [-0.3, -0.25) is 0 Å². The molecule has 0 radical (unpaired) electrons. The van der Waals surface area contributed by atoms with E-state index in [-0.39, 0.29) is 11.4 Å². The summed E-state index contributed by atoms with van der Waals surface area (Å²) in [4.78, 5) is -0.388. The molecule has 0 aromatic heterocycles. The fraction of sp³-hybridized carbons (Fsp3) is 0.400. The van der Waals surface area contributed by atoms with E-state index in [0.717, 1.165) is 0 Å². The number of hydrogen-bond donors (Lipinski definition) is 2.